The topological polar surface area (TPSA) is 102 Å². The Balaban J connectivity index is 2.22. The number of primary sulfonamides is 1. The lowest BCUT2D eigenvalue weighted by molar-refractivity contribution is 0.102. The molecule has 2 rings (SSSR count). The summed E-state index contributed by atoms with van der Waals surface area (Å²) in [6.07, 6.45) is 1.34. The molecule has 1 aromatic carbocycles. The number of pyridine rings is 1. The number of hydrogen-bond donors (Lipinski definition) is 2. The van der Waals surface area contributed by atoms with Crippen LogP contribution in [-0.2, 0) is 10.0 Å². The fourth-order valence-electron chi connectivity index (χ4n) is 1.46. The van der Waals surface area contributed by atoms with Crippen LogP contribution in [0.4, 0.5) is 5.69 Å². The Labute approximate surface area is 120 Å². The Hall–Kier alpha value is -1.96. The molecule has 1 heterocycles. The average molecular weight is 312 g/mol. The number of nitrogens with zero attached hydrogens (tertiary/aromatic N) is 1. The number of nitrogens with two attached hydrogens (primary N) is 1. The summed E-state index contributed by atoms with van der Waals surface area (Å²) in [4.78, 5) is 15.7. The lowest BCUT2D eigenvalue weighted by Crippen LogP contribution is -2.15. The molecule has 0 aliphatic heterocycles. The van der Waals surface area contributed by atoms with Gasteiger partial charge in [0.05, 0.1) is 9.92 Å². The van der Waals surface area contributed by atoms with E-state index >= 15 is 0 Å². The smallest absolute Gasteiger partial charge is 0.274 e. The molecule has 0 saturated carbocycles. The molecule has 8 heteroatoms. The van der Waals surface area contributed by atoms with Crippen molar-refractivity contribution in [1.82, 2.24) is 4.98 Å². The van der Waals surface area contributed by atoms with Crippen molar-refractivity contribution in [3.8, 4) is 0 Å². The summed E-state index contributed by atoms with van der Waals surface area (Å²) in [5, 5.41) is 7.96. The van der Waals surface area contributed by atoms with Crippen molar-refractivity contribution in [3.05, 3.63) is 53.3 Å². The molecular weight excluding hydrogens is 302 g/mol. The molecule has 1 aromatic heterocycles. The highest BCUT2D eigenvalue weighted by Crippen LogP contribution is 2.15. The van der Waals surface area contributed by atoms with Gasteiger partial charge in [-0.3, -0.25) is 4.79 Å². The number of carbonyl (C=O) groups is 1. The standard InChI is InChI=1S/C12H10ClN3O3S/c13-8-4-5-11(15-7-8)12(17)16-9-2-1-3-10(6-9)20(14,18)19/h1-7H,(H,16,17)(H2,14,18,19). The molecule has 0 radical (unpaired) electrons. The van der Waals surface area contributed by atoms with Gasteiger partial charge in [0.25, 0.3) is 5.91 Å². The van der Waals surface area contributed by atoms with Crippen LogP contribution in [0, 0.1) is 0 Å². The second-order valence-corrected chi connectivity index (χ2v) is 5.89. The van der Waals surface area contributed by atoms with Crippen molar-refractivity contribution in [2.75, 3.05) is 5.32 Å². The number of carbonyl (C=O) groups excluding carboxylic acids is 1. The molecule has 0 fully saturated rings. The maximum Gasteiger partial charge on any atom is 0.274 e. The fraction of sp³-hybridized carbons (Fsp3) is 0. The largest absolute Gasteiger partial charge is 0.321 e. The zero-order valence-corrected chi connectivity index (χ0v) is 11.6. The molecular formula is C12H10ClN3O3S. The van der Waals surface area contributed by atoms with Crippen LogP contribution in [0.1, 0.15) is 10.5 Å². The number of anilines is 1. The van der Waals surface area contributed by atoms with Gasteiger partial charge >= 0.3 is 0 Å². The molecule has 0 atom stereocenters. The van der Waals surface area contributed by atoms with Crippen molar-refractivity contribution < 1.29 is 13.2 Å². The van der Waals surface area contributed by atoms with E-state index < -0.39 is 15.9 Å². The van der Waals surface area contributed by atoms with Crippen LogP contribution in [0.15, 0.2) is 47.5 Å². The zero-order chi connectivity index (χ0) is 14.8. The van der Waals surface area contributed by atoms with Gasteiger partial charge in [-0.1, -0.05) is 17.7 Å². The SMILES string of the molecule is NS(=O)(=O)c1cccc(NC(=O)c2ccc(Cl)cn2)c1. The highest BCUT2D eigenvalue weighted by atomic mass is 35.5. The summed E-state index contributed by atoms with van der Waals surface area (Å²) in [6, 6.07) is 8.62. The molecule has 20 heavy (non-hydrogen) atoms. The quantitative estimate of drug-likeness (QED) is 0.899. The summed E-state index contributed by atoms with van der Waals surface area (Å²) in [6.45, 7) is 0. The third kappa shape index (κ3) is 3.53. The number of nitrogens with one attached hydrogen (secondary N) is 1. The zero-order valence-electron chi connectivity index (χ0n) is 10.1. The number of halogens is 1. The summed E-state index contributed by atoms with van der Waals surface area (Å²) in [5.74, 6) is -0.478. The number of amides is 1. The van der Waals surface area contributed by atoms with E-state index in [1.54, 1.807) is 6.07 Å². The fourth-order valence-corrected chi connectivity index (χ4v) is 2.13. The first-order valence-corrected chi connectivity index (χ1v) is 7.34. The summed E-state index contributed by atoms with van der Waals surface area (Å²) in [7, 11) is -3.82. The molecule has 0 aliphatic carbocycles. The number of sulfonamides is 1. The normalized spacial score (nSPS) is 11.1. The number of aromatic nitrogens is 1. The van der Waals surface area contributed by atoms with E-state index in [0.717, 1.165) is 0 Å². The van der Waals surface area contributed by atoms with Gasteiger partial charge in [0.15, 0.2) is 0 Å². The van der Waals surface area contributed by atoms with Gasteiger partial charge in [0, 0.05) is 11.9 Å². The minimum Gasteiger partial charge on any atom is -0.321 e. The average Bonchev–Trinajstić information content (AvgIpc) is 2.38. The molecule has 0 saturated heterocycles. The van der Waals surface area contributed by atoms with Gasteiger partial charge in [-0.2, -0.15) is 0 Å². The van der Waals surface area contributed by atoms with Crippen LogP contribution < -0.4 is 10.5 Å². The van der Waals surface area contributed by atoms with E-state index in [0.29, 0.717) is 10.7 Å². The summed E-state index contributed by atoms with van der Waals surface area (Å²) < 4.78 is 22.4. The van der Waals surface area contributed by atoms with Crippen LogP contribution in [0.2, 0.25) is 5.02 Å². The van der Waals surface area contributed by atoms with E-state index in [1.165, 1.54) is 36.5 Å². The first-order valence-electron chi connectivity index (χ1n) is 5.42. The first-order chi connectivity index (χ1) is 9.36. The predicted octanol–water partition coefficient (Wildman–Crippen LogP) is 1.63. The molecule has 0 spiro atoms. The molecule has 0 aliphatic rings. The van der Waals surface area contributed by atoms with Gasteiger partial charge in [-0.25, -0.2) is 18.5 Å². The summed E-state index contributed by atoms with van der Waals surface area (Å²) >= 11 is 5.67. The van der Waals surface area contributed by atoms with E-state index in [9.17, 15) is 13.2 Å². The van der Waals surface area contributed by atoms with Crippen LogP contribution in [0.3, 0.4) is 0 Å². The van der Waals surface area contributed by atoms with Gasteiger partial charge in [0.1, 0.15) is 5.69 Å². The molecule has 104 valence electrons. The molecule has 2 aromatic rings. The first kappa shape index (κ1) is 14.4. The molecule has 0 bridgehead atoms. The van der Waals surface area contributed by atoms with Gasteiger partial charge in [-0.05, 0) is 30.3 Å². The Morgan fingerprint density at radius 1 is 1.25 bits per heavy atom. The lowest BCUT2D eigenvalue weighted by atomic mass is 10.3. The van der Waals surface area contributed by atoms with E-state index in [4.69, 9.17) is 16.7 Å². The van der Waals surface area contributed by atoms with Crippen LogP contribution in [0.25, 0.3) is 0 Å². The Bertz CT molecular complexity index is 745. The van der Waals surface area contributed by atoms with Gasteiger partial charge < -0.3 is 5.32 Å². The highest BCUT2D eigenvalue weighted by Gasteiger charge is 2.11. The minimum absolute atomic E-state index is 0.0839. The van der Waals surface area contributed by atoms with Crippen molar-refractivity contribution in [3.63, 3.8) is 0 Å². The second-order valence-electron chi connectivity index (χ2n) is 3.89. The van der Waals surface area contributed by atoms with E-state index in [1.807, 2.05) is 0 Å². The predicted molar refractivity (Wildman–Crippen MR) is 75.0 cm³/mol. The van der Waals surface area contributed by atoms with Crippen molar-refractivity contribution in [1.29, 1.82) is 0 Å². The molecule has 1 amide bonds. The van der Waals surface area contributed by atoms with Crippen LogP contribution in [0.5, 0.6) is 0 Å². The Morgan fingerprint density at radius 2 is 2.00 bits per heavy atom. The van der Waals surface area contributed by atoms with Gasteiger partial charge in [0.2, 0.25) is 10.0 Å². The van der Waals surface area contributed by atoms with Crippen LogP contribution >= 0.6 is 11.6 Å². The molecule has 3 N–H and O–H groups in total. The Morgan fingerprint density at radius 3 is 2.60 bits per heavy atom. The minimum atomic E-state index is -3.82. The van der Waals surface area contributed by atoms with Gasteiger partial charge in [-0.15, -0.1) is 0 Å². The molecule has 6 nitrogen and oxygen atoms in total. The Kier molecular flexibility index (Phi) is 4.03. The van der Waals surface area contributed by atoms with Crippen molar-refractivity contribution in [2.24, 2.45) is 5.14 Å². The van der Waals surface area contributed by atoms with E-state index in [-0.39, 0.29) is 10.6 Å². The maximum atomic E-state index is 11.9. The van der Waals surface area contributed by atoms with Crippen LogP contribution in [-0.4, -0.2) is 19.3 Å². The molecule has 0 unspecified atom stereocenters. The second kappa shape index (κ2) is 5.58. The van der Waals surface area contributed by atoms with Crippen molar-refractivity contribution in [2.45, 2.75) is 4.90 Å². The number of hydrogen-bond acceptors (Lipinski definition) is 4. The number of rotatable bonds is 3. The maximum absolute atomic E-state index is 11.9. The third-order valence-corrected chi connectivity index (χ3v) is 3.52. The number of benzene rings is 1. The monoisotopic (exact) mass is 311 g/mol. The van der Waals surface area contributed by atoms with Crippen molar-refractivity contribution >= 4 is 33.2 Å². The third-order valence-electron chi connectivity index (χ3n) is 2.38. The van der Waals surface area contributed by atoms with E-state index in [2.05, 4.69) is 10.3 Å². The summed E-state index contributed by atoms with van der Waals surface area (Å²) in [5.41, 5.74) is 0.466. The highest BCUT2D eigenvalue weighted by molar-refractivity contribution is 7.89. The lowest BCUT2D eigenvalue weighted by Gasteiger charge is -2.06.